The van der Waals surface area contributed by atoms with Crippen molar-refractivity contribution in [2.45, 2.75) is 18.6 Å². The molecule has 1 atom stereocenters. The van der Waals surface area contributed by atoms with Crippen LogP contribution in [0.25, 0.3) is 0 Å². The van der Waals surface area contributed by atoms with Crippen molar-refractivity contribution in [3.63, 3.8) is 0 Å². The van der Waals surface area contributed by atoms with Crippen molar-refractivity contribution in [1.29, 1.82) is 5.26 Å². The molecule has 33 heavy (non-hydrogen) atoms. The maximum absolute atomic E-state index is 13.1. The molecule has 0 saturated carbocycles. The summed E-state index contributed by atoms with van der Waals surface area (Å²) >= 11 is 3.32. The minimum absolute atomic E-state index is 0.0500. The third-order valence-electron chi connectivity index (χ3n) is 5.08. The fourth-order valence-corrected chi connectivity index (χ4v) is 4.09. The molecule has 3 rings (SSSR count). The lowest BCUT2D eigenvalue weighted by molar-refractivity contribution is -0.137. The summed E-state index contributed by atoms with van der Waals surface area (Å²) in [4.78, 5) is 26.1. The molecule has 2 aromatic rings. The molecular weight excluding hydrogens is 505 g/mol. The van der Waals surface area contributed by atoms with Crippen molar-refractivity contribution < 1.29 is 27.9 Å². The molecule has 3 N–H and O–H groups in total. The average Bonchev–Trinajstić information content (AvgIpc) is 2.75. The Morgan fingerprint density at radius 1 is 1.27 bits per heavy atom. The molecule has 1 unspecified atom stereocenters. The molecule has 0 saturated heterocycles. The van der Waals surface area contributed by atoms with Gasteiger partial charge in [-0.25, -0.2) is 4.79 Å². The summed E-state index contributed by atoms with van der Waals surface area (Å²) in [7, 11) is 1.55. The fourth-order valence-electron chi connectivity index (χ4n) is 3.49. The van der Waals surface area contributed by atoms with E-state index in [1.54, 1.807) is 7.05 Å². The molecule has 7 nitrogen and oxygen atoms in total. The van der Waals surface area contributed by atoms with Gasteiger partial charge < -0.3 is 20.6 Å². The van der Waals surface area contributed by atoms with Crippen LogP contribution in [0.2, 0.25) is 0 Å². The van der Waals surface area contributed by atoms with Crippen molar-refractivity contribution in [2.24, 2.45) is 0 Å². The SMILES string of the molecule is CN1CCC(Nc2cccc(C(F)(F)F)c2)=C(C(NC(=O)O)c2ccc(C#N)cc2Br)C1=O. The van der Waals surface area contributed by atoms with E-state index in [1.807, 2.05) is 6.07 Å². The molecule has 1 aliphatic rings. The predicted octanol–water partition coefficient (Wildman–Crippen LogP) is 4.88. The van der Waals surface area contributed by atoms with Gasteiger partial charge in [0.05, 0.1) is 28.8 Å². The van der Waals surface area contributed by atoms with Gasteiger partial charge in [0.15, 0.2) is 0 Å². The Morgan fingerprint density at radius 3 is 2.61 bits per heavy atom. The molecular formula is C22H18BrF3N4O3. The second kappa shape index (κ2) is 9.54. The van der Waals surface area contributed by atoms with Gasteiger partial charge in [-0.2, -0.15) is 18.4 Å². The number of carbonyl (C=O) groups is 2. The summed E-state index contributed by atoms with van der Waals surface area (Å²) in [5.41, 5.74) is 0.300. The molecule has 172 valence electrons. The first-order chi connectivity index (χ1) is 15.5. The molecule has 2 aromatic carbocycles. The topological polar surface area (TPSA) is 105 Å². The summed E-state index contributed by atoms with van der Waals surface area (Å²) in [6.45, 7) is 0.290. The number of amides is 2. The zero-order valence-corrected chi connectivity index (χ0v) is 18.8. The number of nitriles is 1. The van der Waals surface area contributed by atoms with Gasteiger partial charge in [-0.3, -0.25) is 4.79 Å². The number of carbonyl (C=O) groups excluding carboxylic acids is 1. The van der Waals surface area contributed by atoms with E-state index in [9.17, 15) is 27.9 Å². The van der Waals surface area contributed by atoms with Crippen molar-refractivity contribution in [3.05, 3.63) is 74.9 Å². The van der Waals surface area contributed by atoms with Gasteiger partial charge in [0.25, 0.3) is 5.91 Å². The highest BCUT2D eigenvalue weighted by Crippen LogP contribution is 2.36. The Morgan fingerprint density at radius 2 is 2.00 bits per heavy atom. The van der Waals surface area contributed by atoms with E-state index in [4.69, 9.17) is 5.26 Å². The number of benzene rings is 2. The summed E-state index contributed by atoms with van der Waals surface area (Å²) in [6, 6.07) is 9.84. The number of anilines is 1. The maximum atomic E-state index is 13.1. The molecule has 1 heterocycles. The van der Waals surface area contributed by atoms with E-state index in [1.165, 1.54) is 35.2 Å². The van der Waals surface area contributed by atoms with Crippen LogP contribution in [0.15, 0.2) is 58.2 Å². The Hall–Kier alpha value is -3.52. The molecule has 11 heteroatoms. The van der Waals surface area contributed by atoms with Crippen LogP contribution in [0.4, 0.5) is 23.7 Å². The van der Waals surface area contributed by atoms with Gasteiger partial charge in [-0.15, -0.1) is 0 Å². The van der Waals surface area contributed by atoms with Gasteiger partial charge in [-0.05, 0) is 35.9 Å². The van der Waals surface area contributed by atoms with E-state index in [0.29, 0.717) is 21.3 Å². The number of nitrogens with one attached hydrogen (secondary N) is 2. The minimum Gasteiger partial charge on any atom is -0.465 e. The maximum Gasteiger partial charge on any atom is 0.416 e. The van der Waals surface area contributed by atoms with E-state index in [-0.39, 0.29) is 24.2 Å². The van der Waals surface area contributed by atoms with Gasteiger partial charge in [0, 0.05) is 35.9 Å². The summed E-state index contributed by atoms with van der Waals surface area (Å²) in [5.74, 6) is -0.481. The second-order valence-electron chi connectivity index (χ2n) is 7.30. The first-order valence-corrected chi connectivity index (χ1v) is 10.4. The van der Waals surface area contributed by atoms with Gasteiger partial charge >= 0.3 is 12.3 Å². The van der Waals surface area contributed by atoms with E-state index < -0.39 is 29.8 Å². The van der Waals surface area contributed by atoms with Crippen molar-refractivity contribution >= 4 is 33.6 Å². The number of halogens is 4. The quantitative estimate of drug-likeness (QED) is 0.519. The van der Waals surface area contributed by atoms with Crippen molar-refractivity contribution in [1.82, 2.24) is 10.2 Å². The Balaban J connectivity index is 2.14. The first kappa shape index (κ1) is 24.1. The lowest BCUT2D eigenvalue weighted by atomic mass is 9.92. The van der Waals surface area contributed by atoms with Crippen LogP contribution in [-0.2, 0) is 11.0 Å². The zero-order valence-electron chi connectivity index (χ0n) is 17.2. The smallest absolute Gasteiger partial charge is 0.416 e. The van der Waals surface area contributed by atoms with Crippen molar-refractivity contribution in [2.75, 3.05) is 18.9 Å². The highest BCUT2D eigenvalue weighted by Gasteiger charge is 2.35. The fraction of sp³-hybridized carbons (Fsp3) is 0.227. The molecule has 1 aliphatic heterocycles. The van der Waals surface area contributed by atoms with E-state index >= 15 is 0 Å². The lowest BCUT2D eigenvalue weighted by Gasteiger charge is -2.32. The highest BCUT2D eigenvalue weighted by atomic mass is 79.9. The summed E-state index contributed by atoms with van der Waals surface area (Å²) in [5, 5.41) is 23.8. The number of rotatable bonds is 5. The molecule has 2 amide bonds. The molecule has 0 aromatic heterocycles. The number of carboxylic acid groups (broad SMARTS) is 1. The number of hydrogen-bond acceptors (Lipinski definition) is 4. The normalized spacial score (nSPS) is 15.2. The molecule has 0 spiro atoms. The molecule has 0 aliphatic carbocycles. The van der Waals surface area contributed by atoms with Crippen molar-refractivity contribution in [3.8, 4) is 6.07 Å². The van der Waals surface area contributed by atoms with Crippen LogP contribution >= 0.6 is 15.9 Å². The van der Waals surface area contributed by atoms with E-state index in [2.05, 4.69) is 26.6 Å². The number of nitrogens with zero attached hydrogens (tertiary/aromatic N) is 2. The molecule has 0 radical (unpaired) electrons. The number of hydrogen-bond donors (Lipinski definition) is 3. The third kappa shape index (κ3) is 5.46. The number of alkyl halides is 3. The Kier molecular flexibility index (Phi) is 6.98. The summed E-state index contributed by atoms with van der Waals surface area (Å²) < 4.78 is 39.8. The van der Waals surface area contributed by atoms with Gasteiger partial charge in [0.2, 0.25) is 0 Å². The average molecular weight is 523 g/mol. The third-order valence-corrected chi connectivity index (χ3v) is 5.77. The zero-order chi connectivity index (χ0) is 24.3. The Bertz CT molecular complexity index is 1170. The lowest BCUT2D eigenvalue weighted by Crippen LogP contribution is -2.41. The van der Waals surface area contributed by atoms with Gasteiger partial charge in [-0.1, -0.05) is 28.1 Å². The van der Waals surface area contributed by atoms with Crippen LogP contribution in [0.1, 0.15) is 29.2 Å². The Labute approximate surface area is 195 Å². The van der Waals surface area contributed by atoms with Crippen LogP contribution < -0.4 is 10.6 Å². The highest BCUT2D eigenvalue weighted by molar-refractivity contribution is 9.10. The number of likely N-dealkylation sites (N-methyl/N-ethyl adjacent to an activating group) is 1. The van der Waals surface area contributed by atoms with Crippen LogP contribution in [-0.4, -0.2) is 35.6 Å². The van der Waals surface area contributed by atoms with E-state index in [0.717, 1.165) is 12.1 Å². The second-order valence-corrected chi connectivity index (χ2v) is 8.16. The van der Waals surface area contributed by atoms with Gasteiger partial charge in [0.1, 0.15) is 0 Å². The predicted molar refractivity (Wildman–Crippen MR) is 117 cm³/mol. The summed E-state index contributed by atoms with van der Waals surface area (Å²) in [6.07, 6.45) is -5.68. The molecule has 0 fully saturated rings. The first-order valence-electron chi connectivity index (χ1n) is 9.63. The monoisotopic (exact) mass is 522 g/mol. The van der Waals surface area contributed by atoms with Crippen LogP contribution in [0, 0.1) is 11.3 Å². The minimum atomic E-state index is -4.54. The largest absolute Gasteiger partial charge is 0.465 e. The van der Waals surface area contributed by atoms with Crippen LogP contribution in [0.5, 0.6) is 0 Å². The van der Waals surface area contributed by atoms with Crippen LogP contribution in [0.3, 0.4) is 0 Å². The molecule has 0 bridgehead atoms. The standard InChI is InChI=1S/C22H18BrF3N4O3/c1-30-8-7-17(28-14-4-2-3-13(10-14)22(24,25)26)18(20(30)31)19(29-21(32)33)15-6-5-12(11-27)9-16(15)23/h2-6,9-10,19,28-29H,7-8H2,1H3,(H,32,33).